The van der Waals surface area contributed by atoms with Gasteiger partial charge in [0.1, 0.15) is 0 Å². The normalized spacial score (nSPS) is 16.3. The van der Waals surface area contributed by atoms with Crippen LogP contribution in [0.25, 0.3) is 0 Å². The van der Waals surface area contributed by atoms with E-state index in [0.29, 0.717) is 19.6 Å². The first-order valence-electron chi connectivity index (χ1n) is 9.42. The number of aliphatic hydroxyl groups is 1. The fraction of sp³-hybridized carbons (Fsp3) is 0.409. The fourth-order valence-electron chi connectivity index (χ4n) is 3.61. The molecule has 1 aliphatic heterocycles. The number of nitrogens with zero attached hydrogens (tertiary/aromatic N) is 1. The van der Waals surface area contributed by atoms with E-state index in [1.807, 2.05) is 41.3 Å². The molecule has 0 aliphatic carbocycles. The number of carbonyl (C=O) groups excluding carboxylic acids is 1. The number of amides is 2. The van der Waals surface area contributed by atoms with E-state index >= 15 is 0 Å². The molecule has 2 aromatic carbocycles. The lowest BCUT2D eigenvalue weighted by Gasteiger charge is -2.41. The Morgan fingerprint density at radius 3 is 2.12 bits per heavy atom. The second-order valence-electron chi connectivity index (χ2n) is 7.28. The molecule has 2 aromatic rings. The SMILES string of the molecule is O=C(NCc1ccccc1)N1CCC(CO)(CCc2ccccc2)CC1. The zero-order valence-electron chi connectivity index (χ0n) is 15.2. The molecule has 1 aliphatic rings. The van der Waals surface area contributed by atoms with Crippen LogP contribution in [0, 0.1) is 5.41 Å². The van der Waals surface area contributed by atoms with Gasteiger partial charge < -0.3 is 15.3 Å². The Kier molecular flexibility index (Phi) is 6.29. The van der Waals surface area contributed by atoms with Crippen LogP contribution in [0.5, 0.6) is 0 Å². The van der Waals surface area contributed by atoms with Gasteiger partial charge in [0, 0.05) is 26.2 Å². The van der Waals surface area contributed by atoms with Gasteiger partial charge in [-0.05, 0) is 42.2 Å². The first kappa shape index (κ1) is 18.5. The first-order chi connectivity index (χ1) is 12.7. The lowest BCUT2D eigenvalue weighted by Crippen LogP contribution is -2.48. The van der Waals surface area contributed by atoms with Crippen LogP contribution in [-0.2, 0) is 13.0 Å². The highest BCUT2D eigenvalue weighted by Crippen LogP contribution is 2.35. The van der Waals surface area contributed by atoms with Gasteiger partial charge in [-0.2, -0.15) is 0 Å². The summed E-state index contributed by atoms with van der Waals surface area (Å²) in [6, 6.07) is 20.3. The summed E-state index contributed by atoms with van der Waals surface area (Å²) in [5.74, 6) is 0. The van der Waals surface area contributed by atoms with Crippen molar-refractivity contribution >= 4 is 6.03 Å². The molecule has 1 saturated heterocycles. The highest BCUT2D eigenvalue weighted by molar-refractivity contribution is 5.74. The van der Waals surface area contributed by atoms with Crippen molar-refractivity contribution in [2.45, 2.75) is 32.2 Å². The van der Waals surface area contributed by atoms with Crippen LogP contribution in [0.15, 0.2) is 60.7 Å². The van der Waals surface area contributed by atoms with E-state index in [9.17, 15) is 9.90 Å². The summed E-state index contributed by atoms with van der Waals surface area (Å²) in [4.78, 5) is 14.3. The summed E-state index contributed by atoms with van der Waals surface area (Å²) >= 11 is 0. The standard InChI is InChI=1S/C22H28N2O2/c25-18-22(12-11-19-7-3-1-4-8-19)13-15-24(16-14-22)21(26)23-17-20-9-5-2-6-10-20/h1-10,25H,11-18H2,(H,23,26). The van der Waals surface area contributed by atoms with Crippen molar-refractivity contribution in [3.63, 3.8) is 0 Å². The third kappa shape index (κ3) is 4.85. The molecule has 1 heterocycles. The number of aliphatic hydroxyl groups excluding tert-OH is 1. The van der Waals surface area contributed by atoms with Crippen molar-refractivity contribution in [2.24, 2.45) is 5.41 Å². The minimum Gasteiger partial charge on any atom is -0.396 e. The van der Waals surface area contributed by atoms with Crippen LogP contribution < -0.4 is 5.32 Å². The van der Waals surface area contributed by atoms with Gasteiger partial charge in [-0.25, -0.2) is 4.79 Å². The number of benzene rings is 2. The Morgan fingerprint density at radius 1 is 0.962 bits per heavy atom. The molecule has 0 radical (unpaired) electrons. The summed E-state index contributed by atoms with van der Waals surface area (Å²) in [6.07, 6.45) is 3.65. The van der Waals surface area contributed by atoms with E-state index in [4.69, 9.17) is 0 Å². The van der Waals surface area contributed by atoms with E-state index in [1.54, 1.807) is 0 Å². The highest BCUT2D eigenvalue weighted by atomic mass is 16.3. The zero-order valence-corrected chi connectivity index (χ0v) is 15.2. The predicted octanol–water partition coefficient (Wildman–Crippen LogP) is 3.60. The molecule has 4 nitrogen and oxygen atoms in total. The topological polar surface area (TPSA) is 52.6 Å². The van der Waals surface area contributed by atoms with Gasteiger partial charge in [-0.15, -0.1) is 0 Å². The maximum absolute atomic E-state index is 12.4. The number of aryl methyl sites for hydroxylation is 1. The molecule has 1 fully saturated rings. The molecule has 0 saturated carbocycles. The molecule has 0 atom stereocenters. The van der Waals surface area contributed by atoms with E-state index in [0.717, 1.165) is 31.2 Å². The van der Waals surface area contributed by atoms with Crippen LogP contribution in [0.4, 0.5) is 4.79 Å². The molecule has 4 heteroatoms. The number of hydrogen-bond donors (Lipinski definition) is 2. The van der Waals surface area contributed by atoms with E-state index < -0.39 is 0 Å². The largest absolute Gasteiger partial charge is 0.396 e. The number of carbonyl (C=O) groups is 1. The summed E-state index contributed by atoms with van der Waals surface area (Å²) in [7, 11) is 0. The first-order valence-corrected chi connectivity index (χ1v) is 9.42. The molecule has 0 unspecified atom stereocenters. The molecule has 3 rings (SSSR count). The number of hydrogen-bond acceptors (Lipinski definition) is 2. The second-order valence-corrected chi connectivity index (χ2v) is 7.28. The monoisotopic (exact) mass is 352 g/mol. The molecule has 0 spiro atoms. The molecule has 138 valence electrons. The van der Waals surface area contributed by atoms with Gasteiger partial charge in [0.25, 0.3) is 0 Å². The summed E-state index contributed by atoms with van der Waals surface area (Å²) in [5.41, 5.74) is 2.35. The van der Waals surface area contributed by atoms with Crippen LogP contribution in [-0.4, -0.2) is 35.7 Å². The molecular weight excluding hydrogens is 324 g/mol. The number of piperidine rings is 1. The number of likely N-dealkylation sites (tertiary alicyclic amines) is 1. The van der Waals surface area contributed by atoms with Crippen molar-refractivity contribution < 1.29 is 9.90 Å². The zero-order chi connectivity index (χ0) is 18.2. The highest BCUT2D eigenvalue weighted by Gasteiger charge is 2.35. The van der Waals surface area contributed by atoms with Crippen molar-refractivity contribution in [1.29, 1.82) is 0 Å². The maximum Gasteiger partial charge on any atom is 0.317 e. The van der Waals surface area contributed by atoms with E-state index in [1.165, 1.54) is 5.56 Å². The minimum atomic E-state index is -0.0634. The van der Waals surface area contributed by atoms with Gasteiger partial charge in [0.2, 0.25) is 0 Å². The van der Waals surface area contributed by atoms with Crippen LogP contribution in [0.3, 0.4) is 0 Å². The Hall–Kier alpha value is -2.33. The lowest BCUT2D eigenvalue weighted by molar-refractivity contribution is 0.0482. The fourth-order valence-corrected chi connectivity index (χ4v) is 3.61. The number of urea groups is 1. The molecule has 0 bridgehead atoms. The average Bonchev–Trinajstić information content (AvgIpc) is 2.72. The van der Waals surface area contributed by atoms with E-state index in [-0.39, 0.29) is 18.1 Å². The van der Waals surface area contributed by atoms with Crippen molar-refractivity contribution in [3.8, 4) is 0 Å². The third-order valence-corrected chi connectivity index (χ3v) is 5.52. The Balaban J connectivity index is 1.47. The van der Waals surface area contributed by atoms with Crippen molar-refractivity contribution in [3.05, 3.63) is 71.8 Å². The minimum absolute atomic E-state index is 0.0107. The molecule has 2 N–H and O–H groups in total. The Morgan fingerprint density at radius 2 is 1.54 bits per heavy atom. The smallest absolute Gasteiger partial charge is 0.317 e. The predicted molar refractivity (Wildman–Crippen MR) is 104 cm³/mol. The summed E-state index contributed by atoms with van der Waals surface area (Å²) in [5, 5.41) is 13.0. The van der Waals surface area contributed by atoms with Crippen LogP contribution in [0.2, 0.25) is 0 Å². The van der Waals surface area contributed by atoms with Crippen molar-refractivity contribution in [2.75, 3.05) is 19.7 Å². The van der Waals surface area contributed by atoms with Gasteiger partial charge in [0.15, 0.2) is 0 Å². The molecule has 26 heavy (non-hydrogen) atoms. The summed E-state index contributed by atoms with van der Waals surface area (Å²) in [6.45, 7) is 2.15. The number of nitrogens with one attached hydrogen (secondary N) is 1. The molecule has 0 aromatic heterocycles. The third-order valence-electron chi connectivity index (χ3n) is 5.52. The van der Waals surface area contributed by atoms with Gasteiger partial charge in [-0.3, -0.25) is 0 Å². The van der Waals surface area contributed by atoms with Gasteiger partial charge in [0.05, 0.1) is 0 Å². The quantitative estimate of drug-likeness (QED) is 0.834. The van der Waals surface area contributed by atoms with Gasteiger partial charge in [-0.1, -0.05) is 60.7 Å². The van der Waals surface area contributed by atoms with E-state index in [2.05, 4.69) is 29.6 Å². The number of rotatable bonds is 6. The van der Waals surface area contributed by atoms with Gasteiger partial charge >= 0.3 is 6.03 Å². The Labute approximate surface area is 155 Å². The Bertz CT molecular complexity index is 680. The van der Waals surface area contributed by atoms with Crippen LogP contribution >= 0.6 is 0 Å². The van der Waals surface area contributed by atoms with Crippen LogP contribution in [0.1, 0.15) is 30.4 Å². The van der Waals surface area contributed by atoms with Crippen molar-refractivity contribution in [1.82, 2.24) is 10.2 Å². The second kappa shape index (κ2) is 8.86. The summed E-state index contributed by atoms with van der Waals surface area (Å²) < 4.78 is 0. The maximum atomic E-state index is 12.4. The molecular formula is C22H28N2O2. The average molecular weight is 352 g/mol. The molecule has 2 amide bonds. The lowest BCUT2D eigenvalue weighted by atomic mass is 9.75.